The maximum Gasteiger partial charge on any atom is 0.341 e. The highest BCUT2D eigenvalue weighted by Gasteiger charge is 2.23. The van der Waals surface area contributed by atoms with Crippen molar-refractivity contribution in [3.63, 3.8) is 0 Å². The quantitative estimate of drug-likeness (QED) is 0.511. The minimum absolute atomic E-state index is 0.0350. The minimum Gasteiger partial charge on any atom is -0.462 e. The van der Waals surface area contributed by atoms with Gasteiger partial charge in [0.15, 0.2) is 0 Å². The number of nitrogens with two attached hydrogens (primary N) is 1. The van der Waals surface area contributed by atoms with E-state index in [9.17, 15) is 13.6 Å². The fourth-order valence-electron chi connectivity index (χ4n) is 1.36. The van der Waals surface area contributed by atoms with Gasteiger partial charge in [-0.2, -0.15) is 0 Å². The fourth-order valence-corrected chi connectivity index (χ4v) is 2.04. The molecule has 0 aliphatic rings. The van der Waals surface area contributed by atoms with E-state index in [0.29, 0.717) is 3.70 Å². The van der Waals surface area contributed by atoms with Crippen LogP contribution in [0.15, 0.2) is 6.20 Å². The normalized spacial score (nSPS) is 10.7. The van der Waals surface area contributed by atoms with E-state index in [1.54, 1.807) is 29.5 Å². The van der Waals surface area contributed by atoms with Gasteiger partial charge in [-0.3, -0.25) is 0 Å². The number of ether oxygens (including phenoxy) is 1. The number of pyridine rings is 1. The maximum atomic E-state index is 12.7. The van der Waals surface area contributed by atoms with E-state index in [1.807, 2.05) is 0 Å². The van der Waals surface area contributed by atoms with Crippen LogP contribution in [0.4, 0.5) is 8.78 Å². The van der Waals surface area contributed by atoms with Gasteiger partial charge in [-0.25, -0.2) is 18.6 Å². The van der Waals surface area contributed by atoms with Crippen molar-refractivity contribution in [3.8, 4) is 0 Å². The first-order valence-corrected chi connectivity index (χ1v) is 5.93. The van der Waals surface area contributed by atoms with Gasteiger partial charge in [0.05, 0.1) is 12.2 Å². The Kier molecular flexibility index (Phi) is 5.19. The zero-order valence-corrected chi connectivity index (χ0v) is 11.2. The van der Waals surface area contributed by atoms with Crippen LogP contribution in [-0.4, -0.2) is 17.6 Å². The molecule has 94 valence electrons. The summed E-state index contributed by atoms with van der Waals surface area (Å²) in [6.07, 6.45) is -1.68. The largest absolute Gasteiger partial charge is 0.462 e. The molecule has 0 fully saturated rings. The second-order valence-corrected chi connectivity index (χ2v) is 4.11. The summed E-state index contributed by atoms with van der Waals surface area (Å²) in [6, 6.07) is 0. The second kappa shape index (κ2) is 6.20. The summed E-state index contributed by atoms with van der Waals surface area (Å²) in [5.41, 5.74) is 5.23. The molecule has 4 nitrogen and oxygen atoms in total. The van der Waals surface area contributed by atoms with Gasteiger partial charge in [0.2, 0.25) is 0 Å². The highest BCUT2D eigenvalue weighted by atomic mass is 127. The summed E-state index contributed by atoms with van der Waals surface area (Å²) < 4.78 is 30.6. The summed E-state index contributed by atoms with van der Waals surface area (Å²) in [5, 5.41) is 0. The SMILES string of the molecule is CCOC(=O)c1c(I)ncc(C(F)F)c1CN. The van der Waals surface area contributed by atoms with Gasteiger partial charge in [-0.15, -0.1) is 0 Å². The molecule has 17 heavy (non-hydrogen) atoms. The average molecular weight is 356 g/mol. The predicted octanol–water partition coefficient (Wildman–Crippen LogP) is 2.26. The van der Waals surface area contributed by atoms with Crippen molar-refractivity contribution in [3.05, 3.63) is 26.6 Å². The van der Waals surface area contributed by atoms with Crippen LogP contribution >= 0.6 is 22.6 Å². The number of nitrogens with zero attached hydrogens (tertiary/aromatic N) is 1. The monoisotopic (exact) mass is 356 g/mol. The van der Waals surface area contributed by atoms with Gasteiger partial charge in [-0.05, 0) is 35.1 Å². The molecule has 0 unspecified atom stereocenters. The minimum atomic E-state index is -2.72. The van der Waals surface area contributed by atoms with E-state index >= 15 is 0 Å². The Labute approximate surface area is 111 Å². The Morgan fingerprint density at radius 2 is 2.29 bits per heavy atom. The van der Waals surface area contributed by atoms with Gasteiger partial charge in [0.1, 0.15) is 3.70 Å². The summed E-state index contributed by atoms with van der Waals surface area (Å²) in [4.78, 5) is 15.4. The zero-order chi connectivity index (χ0) is 13.0. The molecule has 1 aromatic heterocycles. The number of carbonyl (C=O) groups excluding carboxylic acids is 1. The zero-order valence-electron chi connectivity index (χ0n) is 9.04. The molecule has 0 bridgehead atoms. The Balaban J connectivity index is 3.35. The molecule has 0 radical (unpaired) electrons. The smallest absolute Gasteiger partial charge is 0.341 e. The number of aromatic nitrogens is 1. The number of hydrogen-bond donors (Lipinski definition) is 1. The Hall–Kier alpha value is -0.830. The maximum absolute atomic E-state index is 12.7. The fraction of sp³-hybridized carbons (Fsp3) is 0.400. The van der Waals surface area contributed by atoms with E-state index in [2.05, 4.69) is 4.98 Å². The van der Waals surface area contributed by atoms with Crippen molar-refractivity contribution in [1.29, 1.82) is 0 Å². The van der Waals surface area contributed by atoms with Crippen molar-refractivity contribution in [2.45, 2.75) is 19.9 Å². The van der Waals surface area contributed by atoms with Crippen molar-refractivity contribution in [2.75, 3.05) is 6.61 Å². The van der Waals surface area contributed by atoms with E-state index < -0.39 is 12.4 Å². The number of rotatable bonds is 4. The lowest BCUT2D eigenvalue weighted by Gasteiger charge is -2.13. The summed E-state index contributed by atoms with van der Waals surface area (Å²) in [6.45, 7) is 1.64. The molecular formula is C10H11F2IN2O2. The predicted molar refractivity (Wildman–Crippen MR) is 65.8 cm³/mol. The summed E-state index contributed by atoms with van der Waals surface area (Å²) in [5.74, 6) is -0.674. The Bertz CT molecular complexity index is 427. The van der Waals surface area contributed by atoms with Crippen molar-refractivity contribution in [2.24, 2.45) is 5.73 Å². The summed E-state index contributed by atoms with van der Waals surface area (Å²) in [7, 11) is 0. The Morgan fingerprint density at radius 1 is 1.65 bits per heavy atom. The average Bonchev–Trinajstić information content (AvgIpc) is 2.28. The first kappa shape index (κ1) is 14.2. The molecule has 2 N–H and O–H groups in total. The lowest BCUT2D eigenvalue weighted by atomic mass is 10.0. The van der Waals surface area contributed by atoms with Gasteiger partial charge >= 0.3 is 5.97 Å². The molecule has 0 aromatic carbocycles. The molecule has 1 heterocycles. The molecule has 0 saturated heterocycles. The van der Waals surface area contributed by atoms with Crippen LogP contribution in [0.3, 0.4) is 0 Å². The molecule has 7 heteroatoms. The van der Waals surface area contributed by atoms with Crippen molar-refractivity contribution in [1.82, 2.24) is 4.98 Å². The van der Waals surface area contributed by atoms with Crippen LogP contribution in [0.5, 0.6) is 0 Å². The van der Waals surface area contributed by atoms with Gasteiger partial charge in [0.25, 0.3) is 6.43 Å². The topological polar surface area (TPSA) is 65.2 Å². The number of hydrogen-bond acceptors (Lipinski definition) is 4. The molecular weight excluding hydrogens is 345 g/mol. The highest BCUT2D eigenvalue weighted by Crippen LogP contribution is 2.27. The Morgan fingerprint density at radius 3 is 2.76 bits per heavy atom. The van der Waals surface area contributed by atoms with Gasteiger partial charge in [-0.1, -0.05) is 0 Å². The second-order valence-electron chi connectivity index (χ2n) is 3.08. The third-order valence-electron chi connectivity index (χ3n) is 2.09. The standard InChI is InChI=1S/C10H11F2IN2O2/c1-2-17-10(16)7-5(3-14)6(8(11)12)4-15-9(7)13/h4,8H,2-3,14H2,1H3. The van der Waals surface area contributed by atoms with Gasteiger partial charge in [0, 0.05) is 18.3 Å². The molecule has 0 atom stereocenters. The highest BCUT2D eigenvalue weighted by molar-refractivity contribution is 14.1. The van der Waals surface area contributed by atoms with Crippen LogP contribution in [0.25, 0.3) is 0 Å². The molecule has 0 spiro atoms. The molecule has 0 amide bonds. The van der Waals surface area contributed by atoms with Crippen LogP contribution in [0.1, 0.15) is 34.8 Å². The lowest BCUT2D eigenvalue weighted by molar-refractivity contribution is 0.0522. The summed E-state index contributed by atoms with van der Waals surface area (Å²) >= 11 is 1.79. The third kappa shape index (κ3) is 3.09. The van der Waals surface area contributed by atoms with E-state index in [0.717, 1.165) is 6.20 Å². The number of esters is 1. The molecule has 0 aliphatic heterocycles. The van der Waals surface area contributed by atoms with Crippen LogP contribution in [0.2, 0.25) is 0 Å². The first-order chi connectivity index (χ1) is 8.02. The van der Waals surface area contributed by atoms with E-state index in [-0.39, 0.29) is 29.8 Å². The molecule has 0 saturated carbocycles. The van der Waals surface area contributed by atoms with Crippen LogP contribution in [-0.2, 0) is 11.3 Å². The van der Waals surface area contributed by atoms with Crippen LogP contribution in [0, 0.1) is 3.70 Å². The van der Waals surface area contributed by atoms with Crippen molar-refractivity contribution < 1.29 is 18.3 Å². The number of alkyl halides is 2. The van der Waals surface area contributed by atoms with Gasteiger partial charge < -0.3 is 10.5 Å². The third-order valence-corrected chi connectivity index (χ3v) is 2.91. The van der Waals surface area contributed by atoms with Crippen LogP contribution < -0.4 is 5.73 Å². The molecule has 0 aliphatic carbocycles. The molecule has 1 rings (SSSR count). The van der Waals surface area contributed by atoms with Crippen molar-refractivity contribution >= 4 is 28.6 Å². The first-order valence-electron chi connectivity index (χ1n) is 4.85. The van der Waals surface area contributed by atoms with E-state index in [4.69, 9.17) is 10.5 Å². The number of halogens is 3. The van der Waals surface area contributed by atoms with E-state index in [1.165, 1.54) is 0 Å². The number of carbonyl (C=O) groups is 1. The molecule has 1 aromatic rings. The lowest BCUT2D eigenvalue weighted by Crippen LogP contribution is -2.16.